The maximum atomic E-state index is 13.5. The second-order valence-corrected chi connectivity index (χ2v) is 10.3. The Morgan fingerprint density at radius 1 is 1.00 bits per heavy atom. The molecule has 0 spiro atoms. The fourth-order valence-electron chi connectivity index (χ4n) is 4.02. The van der Waals surface area contributed by atoms with Crippen LogP contribution in [0.1, 0.15) is 44.6 Å². The monoisotopic (exact) mass is 482 g/mol. The molecule has 0 bridgehead atoms. The molecule has 0 atom stereocenters. The molecule has 3 rings (SSSR count). The van der Waals surface area contributed by atoms with Crippen molar-refractivity contribution in [3.63, 3.8) is 0 Å². The zero-order valence-electron chi connectivity index (χ0n) is 18.6. The van der Waals surface area contributed by atoms with E-state index in [1.165, 1.54) is 16.4 Å². The highest BCUT2D eigenvalue weighted by molar-refractivity contribution is 7.89. The number of hydrogen-bond donors (Lipinski definition) is 0. The normalized spacial score (nSPS) is 15.5. The van der Waals surface area contributed by atoms with Crippen molar-refractivity contribution in [2.45, 2.75) is 50.5 Å². The summed E-state index contributed by atoms with van der Waals surface area (Å²) in [6.07, 6.45) is 3.54. The SMILES string of the molecule is CCCCCN(Cc1ccc(F)cc1)C(=O)C1CCN(S(=O)(=O)c2ccc(F)c(F)c2)CC1. The number of rotatable bonds is 9. The van der Waals surface area contributed by atoms with Gasteiger partial charge in [0.25, 0.3) is 0 Å². The van der Waals surface area contributed by atoms with Gasteiger partial charge in [0.2, 0.25) is 15.9 Å². The van der Waals surface area contributed by atoms with Crippen LogP contribution in [0.2, 0.25) is 0 Å². The predicted octanol–water partition coefficient (Wildman–Crippen LogP) is 4.72. The second kappa shape index (κ2) is 11.2. The Morgan fingerprint density at radius 3 is 2.27 bits per heavy atom. The number of sulfonamides is 1. The minimum Gasteiger partial charge on any atom is -0.338 e. The van der Waals surface area contributed by atoms with Crippen LogP contribution in [-0.4, -0.2) is 43.2 Å². The van der Waals surface area contributed by atoms with Crippen molar-refractivity contribution in [3.8, 4) is 0 Å². The van der Waals surface area contributed by atoms with Crippen molar-refractivity contribution >= 4 is 15.9 Å². The van der Waals surface area contributed by atoms with Gasteiger partial charge < -0.3 is 4.90 Å². The Kier molecular flexibility index (Phi) is 8.53. The summed E-state index contributed by atoms with van der Waals surface area (Å²) >= 11 is 0. The third kappa shape index (κ3) is 6.35. The third-order valence-corrected chi connectivity index (χ3v) is 7.86. The van der Waals surface area contributed by atoms with E-state index in [1.807, 2.05) is 0 Å². The topological polar surface area (TPSA) is 57.7 Å². The number of halogens is 3. The van der Waals surface area contributed by atoms with Crippen molar-refractivity contribution in [3.05, 3.63) is 65.5 Å². The zero-order valence-corrected chi connectivity index (χ0v) is 19.5. The van der Waals surface area contributed by atoms with E-state index in [0.717, 1.165) is 37.0 Å². The Bertz CT molecular complexity index is 1050. The number of carbonyl (C=O) groups excluding carboxylic acids is 1. The fourth-order valence-corrected chi connectivity index (χ4v) is 5.50. The molecular formula is C24H29F3N2O3S. The van der Waals surface area contributed by atoms with Gasteiger partial charge in [-0.2, -0.15) is 4.31 Å². The molecule has 1 heterocycles. The van der Waals surface area contributed by atoms with Crippen molar-refractivity contribution in [2.75, 3.05) is 19.6 Å². The van der Waals surface area contributed by atoms with Crippen LogP contribution < -0.4 is 0 Å². The highest BCUT2D eigenvalue weighted by Crippen LogP contribution is 2.26. The van der Waals surface area contributed by atoms with Crippen LogP contribution in [0, 0.1) is 23.4 Å². The molecule has 1 saturated heterocycles. The lowest BCUT2D eigenvalue weighted by Gasteiger charge is -2.34. The molecule has 1 aliphatic rings. The van der Waals surface area contributed by atoms with Crippen LogP contribution in [0.3, 0.4) is 0 Å². The maximum absolute atomic E-state index is 13.5. The van der Waals surface area contributed by atoms with Gasteiger partial charge >= 0.3 is 0 Å². The predicted molar refractivity (Wildman–Crippen MR) is 119 cm³/mol. The van der Waals surface area contributed by atoms with Gasteiger partial charge in [-0.15, -0.1) is 0 Å². The Morgan fingerprint density at radius 2 is 1.67 bits per heavy atom. The van der Waals surface area contributed by atoms with Gasteiger partial charge in [0.1, 0.15) is 5.82 Å². The number of carbonyl (C=O) groups is 1. The Balaban J connectivity index is 1.66. The first-order valence-electron chi connectivity index (χ1n) is 11.2. The standard InChI is InChI=1S/C24H29F3N2O3S/c1-2-3-4-13-28(17-18-5-7-20(25)8-6-18)24(30)19-11-14-29(15-12-19)33(31,32)21-9-10-22(26)23(27)16-21/h5-10,16,19H,2-4,11-15,17H2,1H3. The molecule has 0 aliphatic carbocycles. The number of hydrogen-bond acceptors (Lipinski definition) is 3. The van der Waals surface area contributed by atoms with E-state index in [4.69, 9.17) is 0 Å². The number of unbranched alkanes of at least 4 members (excludes halogenated alkanes) is 2. The van der Waals surface area contributed by atoms with E-state index in [1.54, 1.807) is 17.0 Å². The van der Waals surface area contributed by atoms with Gasteiger partial charge in [-0.25, -0.2) is 21.6 Å². The average molecular weight is 483 g/mol. The van der Waals surface area contributed by atoms with Crippen LogP contribution in [-0.2, 0) is 21.4 Å². The van der Waals surface area contributed by atoms with Gasteiger partial charge in [-0.05, 0) is 55.2 Å². The maximum Gasteiger partial charge on any atom is 0.243 e. The van der Waals surface area contributed by atoms with Crippen molar-refractivity contribution in [1.82, 2.24) is 9.21 Å². The van der Waals surface area contributed by atoms with Crippen LogP contribution in [0.25, 0.3) is 0 Å². The molecule has 1 amide bonds. The van der Waals surface area contributed by atoms with Crippen LogP contribution in [0.5, 0.6) is 0 Å². The highest BCUT2D eigenvalue weighted by Gasteiger charge is 2.34. The summed E-state index contributed by atoms with van der Waals surface area (Å²) in [5.74, 6) is -3.03. The summed E-state index contributed by atoms with van der Waals surface area (Å²) in [6.45, 7) is 3.27. The lowest BCUT2D eigenvalue weighted by Crippen LogP contribution is -2.44. The zero-order chi connectivity index (χ0) is 24.0. The van der Waals surface area contributed by atoms with Crippen LogP contribution >= 0.6 is 0 Å². The molecule has 9 heteroatoms. The van der Waals surface area contributed by atoms with Gasteiger partial charge in [-0.3, -0.25) is 4.79 Å². The van der Waals surface area contributed by atoms with Crippen molar-refractivity contribution in [2.24, 2.45) is 5.92 Å². The lowest BCUT2D eigenvalue weighted by atomic mass is 9.96. The van der Waals surface area contributed by atoms with E-state index >= 15 is 0 Å². The molecule has 0 unspecified atom stereocenters. The minimum atomic E-state index is -3.97. The molecular weight excluding hydrogens is 453 g/mol. The molecule has 0 N–H and O–H groups in total. The third-order valence-electron chi connectivity index (χ3n) is 5.96. The van der Waals surface area contributed by atoms with E-state index in [0.29, 0.717) is 32.0 Å². The fraction of sp³-hybridized carbons (Fsp3) is 0.458. The molecule has 33 heavy (non-hydrogen) atoms. The first kappa shape index (κ1) is 25.2. The largest absolute Gasteiger partial charge is 0.338 e. The molecule has 1 fully saturated rings. The molecule has 1 aliphatic heterocycles. The van der Waals surface area contributed by atoms with Gasteiger partial charge in [0.15, 0.2) is 11.6 Å². The highest BCUT2D eigenvalue weighted by atomic mass is 32.2. The van der Waals surface area contributed by atoms with E-state index in [2.05, 4.69) is 6.92 Å². The van der Waals surface area contributed by atoms with Gasteiger partial charge in [0, 0.05) is 32.1 Å². The minimum absolute atomic E-state index is 0.0414. The van der Waals surface area contributed by atoms with E-state index < -0.39 is 21.7 Å². The Hall–Kier alpha value is -2.39. The molecule has 5 nitrogen and oxygen atoms in total. The number of piperidine rings is 1. The molecule has 0 radical (unpaired) electrons. The van der Waals surface area contributed by atoms with Gasteiger partial charge in [0.05, 0.1) is 4.90 Å². The van der Waals surface area contributed by atoms with Crippen LogP contribution in [0.4, 0.5) is 13.2 Å². The van der Waals surface area contributed by atoms with Crippen molar-refractivity contribution < 1.29 is 26.4 Å². The first-order valence-corrected chi connectivity index (χ1v) is 12.6. The first-order chi connectivity index (χ1) is 15.7. The van der Waals surface area contributed by atoms with E-state index in [-0.39, 0.29) is 35.6 Å². The lowest BCUT2D eigenvalue weighted by molar-refractivity contribution is -0.137. The number of benzene rings is 2. The summed E-state index contributed by atoms with van der Waals surface area (Å²) in [4.78, 5) is 14.7. The second-order valence-electron chi connectivity index (χ2n) is 8.35. The average Bonchev–Trinajstić information content (AvgIpc) is 2.81. The molecule has 0 saturated carbocycles. The van der Waals surface area contributed by atoms with Crippen LogP contribution in [0.15, 0.2) is 47.4 Å². The van der Waals surface area contributed by atoms with Gasteiger partial charge in [-0.1, -0.05) is 31.9 Å². The smallest absolute Gasteiger partial charge is 0.243 e. The summed E-state index contributed by atoms with van der Waals surface area (Å²) in [5, 5.41) is 0. The molecule has 0 aromatic heterocycles. The molecule has 180 valence electrons. The summed E-state index contributed by atoms with van der Waals surface area (Å²) in [7, 11) is -3.97. The summed E-state index contributed by atoms with van der Waals surface area (Å²) in [6, 6.07) is 8.57. The number of nitrogens with zero attached hydrogens (tertiary/aromatic N) is 2. The molecule has 2 aromatic rings. The number of amides is 1. The quantitative estimate of drug-likeness (QED) is 0.486. The van der Waals surface area contributed by atoms with E-state index in [9.17, 15) is 26.4 Å². The molecule has 2 aromatic carbocycles. The Labute approximate surface area is 193 Å². The summed E-state index contributed by atoms with van der Waals surface area (Å²) in [5.41, 5.74) is 0.833. The summed E-state index contributed by atoms with van der Waals surface area (Å²) < 4.78 is 66.8. The van der Waals surface area contributed by atoms with Crippen molar-refractivity contribution in [1.29, 1.82) is 0 Å².